The van der Waals surface area contributed by atoms with Gasteiger partial charge in [0.2, 0.25) is 0 Å². The van der Waals surface area contributed by atoms with E-state index in [2.05, 4.69) is 9.71 Å². The van der Waals surface area contributed by atoms with Crippen LogP contribution < -0.4 is 24.8 Å². The number of fused-ring (bicyclic) bond motifs is 1. The summed E-state index contributed by atoms with van der Waals surface area (Å²) in [7, 11) is -3.80. The van der Waals surface area contributed by atoms with Crippen molar-refractivity contribution in [3.63, 3.8) is 0 Å². The lowest BCUT2D eigenvalue weighted by atomic mass is 10.2. The number of thiazole rings is 1. The predicted molar refractivity (Wildman–Crippen MR) is 113 cm³/mol. The van der Waals surface area contributed by atoms with Crippen LogP contribution in [0.2, 0.25) is 0 Å². The van der Waals surface area contributed by atoms with Gasteiger partial charge in [-0.3, -0.25) is 9.52 Å². The van der Waals surface area contributed by atoms with Gasteiger partial charge in [0, 0.05) is 17.6 Å². The fourth-order valence-electron chi connectivity index (χ4n) is 3.02. The van der Waals surface area contributed by atoms with Crippen LogP contribution in [0.15, 0.2) is 58.9 Å². The number of para-hydroxylation sites is 2. The molecule has 2 aromatic carbocycles. The lowest BCUT2D eigenvalue weighted by molar-refractivity contribution is -0.119. The molecular formula is C19H18N4O5S2. The van der Waals surface area contributed by atoms with Crippen molar-refractivity contribution < 1.29 is 22.7 Å². The van der Waals surface area contributed by atoms with Crippen LogP contribution in [0.4, 0.5) is 16.5 Å². The molecule has 11 heteroatoms. The molecule has 3 N–H and O–H groups in total. The topological polar surface area (TPSA) is 124 Å². The van der Waals surface area contributed by atoms with E-state index in [-0.39, 0.29) is 16.6 Å². The monoisotopic (exact) mass is 446 g/mol. The number of anilines is 3. The largest absolute Gasteiger partial charge is 0.489 e. The summed E-state index contributed by atoms with van der Waals surface area (Å²) in [5.74, 6) is 0.342. The van der Waals surface area contributed by atoms with Gasteiger partial charge in [-0.1, -0.05) is 12.1 Å². The highest BCUT2D eigenvalue weighted by Crippen LogP contribution is 2.41. The van der Waals surface area contributed by atoms with E-state index < -0.39 is 15.9 Å². The first kappa shape index (κ1) is 20.0. The molecule has 1 aliphatic heterocycles. The summed E-state index contributed by atoms with van der Waals surface area (Å²) in [4.78, 5) is 17.1. The lowest BCUT2D eigenvalue weighted by Gasteiger charge is -2.32. The molecule has 0 unspecified atom stereocenters. The van der Waals surface area contributed by atoms with Gasteiger partial charge in [0.05, 0.1) is 22.8 Å². The Morgan fingerprint density at radius 3 is 2.87 bits per heavy atom. The second kappa shape index (κ2) is 8.20. The van der Waals surface area contributed by atoms with E-state index >= 15 is 0 Å². The Labute approximate surface area is 177 Å². The SMILES string of the molecule is NC(=O)COc1ccccc1N1CCOc2cc(S(=O)(=O)Nc3nccs3)ccc21. The van der Waals surface area contributed by atoms with Gasteiger partial charge >= 0.3 is 0 Å². The number of rotatable bonds is 7. The van der Waals surface area contributed by atoms with Crippen LogP contribution in [0.1, 0.15) is 0 Å². The fourth-order valence-corrected chi connectivity index (χ4v) is 4.82. The van der Waals surface area contributed by atoms with Gasteiger partial charge in [-0.2, -0.15) is 0 Å². The van der Waals surface area contributed by atoms with Gasteiger partial charge < -0.3 is 20.1 Å². The number of amides is 1. The summed E-state index contributed by atoms with van der Waals surface area (Å²) in [6.45, 7) is 0.627. The van der Waals surface area contributed by atoms with Crippen molar-refractivity contribution in [2.24, 2.45) is 5.73 Å². The molecule has 0 atom stereocenters. The van der Waals surface area contributed by atoms with Crippen LogP contribution >= 0.6 is 11.3 Å². The molecule has 0 spiro atoms. The van der Waals surface area contributed by atoms with E-state index in [1.807, 2.05) is 17.0 Å². The third-order valence-corrected chi connectivity index (χ3v) is 6.44. The standard InChI is InChI=1S/C19H18N4O5S2/c20-18(24)12-28-16-4-2-1-3-14(16)23-8-9-27-17-11-13(5-6-15(17)23)30(25,26)22-19-21-7-10-29-19/h1-7,10-11H,8-9,12H2,(H2,20,24)(H,21,22). The van der Waals surface area contributed by atoms with Gasteiger partial charge in [-0.15, -0.1) is 11.3 Å². The first-order chi connectivity index (χ1) is 14.4. The first-order valence-electron chi connectivity index (χ1n) is 8.91. The summed E-state index contributed by atoms with van der Waals surface area (Å²) in [5.41, 5.74) is 6.59. The average molecular weight is 447 g/mol. The van der Waals surface area contributed by atoms with E-state index in [0.717, 1.165) is 5.69 Å². The van der Waals surface area contributed by atoms with E-state index in [4.69, 9.17) is 15.2 Å². The summed E-state index contributed by atoms with van der Waals surface area (Å²) in [6.07, 6.45) is 1.52. The van der Waals surface area contributed by atoms with Gasteiger partial charge in [0.1, 0.15) is 18.1 Å². The first-order valence-corrected chi connectivity index (χ1v) is 11.3. The van der Waals surface area contributed by atoms with E-state index in [1.165, 1.54) is 29.7 Å². The smallest absolute Gasteiger partial charge is 0.263 e. The molecule has 3 aromatic rings. The minimum atomic E-state index is -3.80. The zero-order chi connectivity index (χ0) is 21.1. The molecule has 0 saturated carbocycles. The Hall–Kier alpha value is -3.31. The predicted octanol–water partition coefficient (Wildman–Crippen LogP) is 2.34. The summed E-state index contributed by atoms with van der Waals surface area (Å²) >= 11 is 1.19. The molecule has 4 rings (SSSR count). The molecule has 156 valence electrons. The Morgan fingerprint density at radius 2 is 2.10 bits per heavy atom. The number of benzene rings is 2. The van der Waals surface area contributed by atoms with Crippen molar-refractivity contribution in [3.05, 3.63) is 54.0 Å². The van der Waals surface area contributed by atoms with Crippen LogP contribution in [-0.4, -0.2) is 39.1 Å². The zero-order valence-corrected chi connectivity index (χ0v) is 17.3. The average Bonchev–Trinajstić information content (AvgIpc) is 3.24. The minimum absolute atomic E-state index is 0.0663. The molecule has 1 aliphatic rings. The van der Waals surface area contributed by atoms with Crippen LogP contribution in [0, 0.1) is 0 Å². The highest BCUT2D eigenvalue weighted by molar-refractivity contribution is 7.93. The van der Waals surface area contributed by atoms with Crippen molar-refractivity contribution in [2.45, 2.75) is 4.90 Å². The van der Waals surface area contributed by atoms with Crippen LogP contribution in [-0.2, 0) is 14.8 Å². The minimum Gasteiger partial charge on any atom is -0.489 e. The van der Waals surface area contributed by atoms with Crippen molar-refractivity contribution in [3.8, 4) is 11.5 Å². The van der Waals surface area contributed by atoms with Crippen molar-refractivity contribution in [2.75, 3.05) is 29.4 Å². The zero-order valence-electron chi connectivity index (χ0n) is 15.6. The number of nitrogens with one attached hydrogen (secondary N) is 1. The highest BCUT2D eigenvalue weighted by atomic mass is 32.2. The Bertz CT molecular complexity index is 1170. The molecule has 30 heavy (non-hydrogen) atoms. The molecule has 9 nitrogen and oxygen atoms in total. The normalized spacial score (nSPS) is 13.3. The molecule has 2 heterocycles. The molecule has 0 radical (unpaired) electrons. The number of hydrogen-bond acceptors (Lipinski definition) is 8. The number of nitrogens with zero attached hydrogens (tertiary/aromatic N) is 2. The number of ether oxygens (including phenoxy) is 2. The van der Waals surface area contributed by atoms with Crippen LogP contribution in [0.25, 0.3) is 0 Å². The second-order valence-electron chi connectivity index (χ2n) is 6.30. The van der Waals surface area contributed by atoms with E-state index in [1.54, 1.807) is 23.6 Å². The summed E-state index contributed by atoms with van der Waals surface area (Å²) in [5, 5.41) is 1.97. The van der Waals surface area contributed by atoms with Crippen molar-refractivity contribution >= 4 is 43.8 Å². The number of carbonyl (C=O) groups is 1. The summed E-state index contributed by atoms with van der Waals surface area (Å²) in [6, 6.07) is 11.9. The number of hydrogen-bond donors (Lipinski definition) is 2. The Balaban J connectivity index is 1.66. The molecule has 1 aromatic heterocycles. The van der Waals surface area contributed by atoms with Crippen molar-refractivity contribution in [1.29, 1.82) is 0 Å². The van der Waals surface area contributed by atoms with Gasteiger partial charge in [-0.05, 0) is 24.3 Å². The van der Waals surface area contributed by atoms with Gasteiger partial charge in [0.25, 0.3) is 15.9 Å². The summed E-state index contributed by atoms with van der Waals surface area (Å²) < 4.78 is 39.0. The van der Waals surface area contributed by atoms with Crippen LogP contribution in [0.5, 0.6) is 11.5 Å². The maximum Gasteiger partial charge on any atom is 0.263 e. The Kier molecular flexibility index (Phi) is 5.46. The number of sulfonamides is 1. The van der Waals surface area contributed by atoms with Crippen LogP contribution in [0.3, 0.4) is 0 Å². The number of aromatic nitrogens is 1. The van der Waals surface area contributed by atoms with Crippen molar-refractivity contribution in [1.82, 2.24) is 4.98 Å². The maximum atomic E-state index is 12.7. The lowest BCUT2D eigenvalue weighted by Crippen LogP contribution is -2.29. The third-order valence-electron chi connectivity index (χ3n) is 4.28. The number of nitrogens with two attached hydrogens (primary N) is 1. The Morgan fingerprint density at radius 1 is 1.27 bits per heavy atom. The molecule has 0 fully saturated rings. The third kappa shape index (κ3) is 4.16. The van der Waals surface area contributed by atoms with E-state index in [9.17, 15) is 13.2 Å². The van der Waals surface area contributed by atoms with E-state index in [0.29, 0.717) is 30.3 Å². The molecule has 0 saturated heterocycles. The van der Waals surface area contributed by atoms with Gasteiger partial charge in [0.15, 0.2) is 11.7 Å². The molecule has 0 bridgehead atoms. The maximum absolute atomic E-state index is 12.7. The number of primary amides is 1. The quantitative estimate of drug-likeness (QED) is 0.571. The second-order valence-corrected chi connectivity index (χ2v) is 8.87. The molecule has 0 aliphatic carbocycles. The fraction of sp³-hybridized carbons (Fsp3) is 0.158. The van der Waals surface area contributed by atoms with Gasteiger partial charge in [-0.25, -0.2) is 13.4 Å². The molecule has 1 amide bonds. The molecular weight excluding hydrogens is 428 g/mol. The highest BCUT2D eigenvalue weighted by Gasteiger charge is 2.25. The number of carbonyl (C=O) groups excluding carboxylic acids is 1.